The summed E-state index contributed by atoms with van der Waals surface area (Å²) in [7, 11) is 0. The predicted molar refractivity (Wildman–Crippen MR) is 289 cm³/mol. The molecule has 1 unspecified atom stereocenters. The second-order valence-electron chi connectivity index (χ2n) is 21.7. The first-order valence-corrected chi connectivity index (χ1v) is 30.3. The van der Waals surface area contributed by atoms with E-state index in [0.717, 1.165) is 69.6 Å². The highest BCUT2D eigenvalue weighted by Crippen LogP contribution is 2.19. The lowest BCUT2D eigenvalue weighted by Crippen LogP contribution is -2.30. The van der Waals surface area contributed by atoms with Crippen LogP contribution in [0.3, 0.4) is 0 Å². The average molecular weight is 948 g/mol. The van der Waals surface area contributed by atoms with Crippen molar-refractivity contribution >= 4 is 17.9 Å². The molecule has 0 aliphatic rings. The molecule has 0 radical (unpaired) electrons. The quantitative estimate of drug-likeness (QED) is 0.0343. The lowest BCUT2D eigenvalue weighted by molar-refractivity contribution is -0.167. The lowest BCUT2D eigenvalue weighted by Gasteiger charge is -2.18. The van der Waals surface area contributed by atoms with Crippen molar-refractivity contribution in [1.82, 2.24) is 0 Å². The van der Waals surface area contributed by atoms with E-state index >= 15 is 0 Å². The van der Waals surface area contributed by atoms with Gasteiger partial charge in [0.15, 0.2) is 6.10 Å². The van der Waals surface area contributed by atoms with Gasteiger partial charge in [-0.25, -0.2) is 0 Å². The van der Waals surface area contributed by atoms with Crippen molar-refractivity contribution in [3.63, 3.8) is 0 Å². The molecule has 0 amide bonds. The van der Waals surface area contributed by atoms with E-state index in [2.05, 4.69) is 34.6 Å². The van der Waals surface area contributed by atoms with E-state index in [0.29, 0.717) is 19.3 Å². The normalized spacial score (nSPS) is 12.4. The van der Waals surface area contributed by atoms with Crippen molar-refractivity contribution in [1.29, 1.82) is 0 Å². The minimum absolute atomic E-state index is 0.0624. The Kier molecular flexibility index (Phi) is 52.5. The van der Waals surface area contributed by atoms with E-state index in [9.17, 15) is 14.4 Å². The number of carbonyl (C=O) groups excluding carboxylic acids is 3. The van der Waals surface area contributed by atoms with E-state index in [1.54, 1.807) is 0 Å². The Hall–Kier alpha value is -1.59. The summed E-state index contributed by atoms with van der Waals surface area (Å²) < 4.78 is 16.9. The van der Waals surface area contributed by atoms with Gasteiger partial charge in [-0.1, -0.05) is 304 Å². The second-order valence-corrected chi connectivity index (χ2v) is 21.7. The average Bonchev–Trinajstić information content (AvgIpc) is 3.31. The highest BCUT2D eigenvalue weighted by atomic mass is 16.6. The van der Waals surface area contributed by atoms with Gasteiger partial charge < -0.3 is 14.2 Å². The van der Waals surface area contributed by atoms with Gasteiger partial charge in [0.05, 0.1) is 0 Å². The molecule has 67 heavy (non-hydrogen) atoms. The zero-order valence-corrected chi connectivity index (χ0v) is 46.0. The van der Waals surface area contributed by atoms with Gasteiger partial charge in [0.25, 0.3) is 0 Å². The highest BCUT2D eigenvalue weighted by molar-refractivity contribution is 5.71. The number of hydrogen-bond acceptors (Lipinski definition) is 6. The molecule has 0 aromatic heterocycles. The molecule has 0 fully saturated rings. The molecular weight excluding hydrogens is 829 g/mol. The van der Waals surface area contributed by atoms with Crippen molar-refractivity contribution in [2.24, 2.45) is 11.8 Å². The summed E-state index contributed by atoms with van der Waals surface area (Å²) in [6.45, 7) is 11.5. The fraction of sp³-hybridized carbons (Fsp3) is 0.951. The van der Waals surface area contributed by atoms with Gasteiger partial charge in [-0.2, -0.15) is 0 Å². The maximum absolute atomic E-state index is 12.8. The summed E-state index contributed by atoms with van der Waals surface area (Å²) in [5.41, 5.74) is 0. The number of ether oxygens (including phenoxy) is 3. The van der Waals surface area contributed by atoms with Crippen molar-refractivity contribution in [2.75, 3.05) is 13.2 Å². The van der Waals surface area contributed by atoms with E-state index < -0.39 is 6.10 Å². The third-order valence-corrected chi connectivity index (χ3v) is 14.3. The van der Waals surface area contributed by atoms with Crippen LogP contribution >= 0.6 is 0 Å². The van der Waals surface area contributed by atoms with E-state index in [1.165, 1.54) is 231 Å². The van der Waals surface area contributed by atoms with E-state index in [-0.39, 0.29) is 31.1 Å². The van der Waals surface area contributed by atoms with E-state index in [4.69, 9.17) is 14.2 Å². The summed E-state index contributed by atoms with van der Waals surface area (Å²) in [6, 6.07) is 0. The van der Waals surface area contributed by atoms with E-state index in [1.807, 2.05) is 0 Å². The first kappa shape index (κ1) is 65.4. The molecule has 0 aliphatic heterocycles. The van der Waals surface area contributed by atoms with Crippen LogP contribution in [0.4, 0.5) is 0 Å². The summed E-state index contributed by atoms with van der Waals surface area (Å²) in [5, 5.41) is 0. The SMILES string of the molecule is CCCCCCCCCCCCC(=O)O[C@@H](COC(=O)CCCCCCCCCCCCCCCCCCCCC(C)CC)COC(=O)CCCCCCCCCCCCCCCCC(C)C. The van der Waals surface area contributed by atoms with Crippen LogP contribution in [0.5, 0.6) is 0 Å². The standard InChI is InChI=1S/C61H118O6/c1-6-8-9-10-11-12-31-38-43-48-53-61(64)67-58(55-66-60(63)52-47-42-37-33-28-24-20-19-21-25-29-34-39-44-49-56(3)4)54-65-59(62)51-46-41-36-32-27-23-18-16-14-13-15-17-22-26-30-35-40-45-50-57(5)7-2/h56-58H,6-55H2,1-5H3/t57?,58-/m0/s1. The monoisotopic (exact) mass is 947 g/mol. The zero-order chi connectivity index (χ0) is 48.9. The molecule has 2 atom stereocenters. The molecule has 398 valence electrons. The fourth-order valence-electron chi connectivity index (χ4n) is 9.37. The lowest BCUT2D eigenvalue weighted by atomic mass is 9.99. The second kappa shape index (κ2) is 53.8. The van der Waals surface area contributed by atoms with Crippen molar-refractivity contribution in [3.8, 4) is 0 Å². The Morgan fingerprint density at radius 3 is 0.851 bits per heavy atom. The smallest absolute Gasteiger partial charge is 0.306 e. The molecule has 0 heterocycles. The van der Waals surface area contributed by atoms with Crippen LogP contribution in [0.15, 0.2) is 0 Å². The van der Waals surface area contributed by atoms with Crippen LogP contribution in [-0.4, -0.2) is 37.2 Å². The highest BCUT2D eigenvalue weighted by Gasteiger charge is 2.19. The van der Waals surface area contributed by atoms with Gasteiger partial charge in [-0.15, -0.1) is 0 Å². The molecule has 6 heteroatoms. The van der Waals surface area contributed by atoms with Crippen LogP contribution in [-0.2, 0) is 28.6 Å². The Morgan fingerprint density at radius 2 is 0.567 bits per heavy atom. The molecule has 0 aromatic rings. The van der Waals surface area contributed by atoms with Crippen LogP contribution < -0.4 is 0 Å². The largest absolute Gasteiger partial charge is 0.462 e. The maximum atomic E-state index is 12.8. The first-order valence-electron chi connectivity index (χ1n) is 30.3. The Labute approximate surface area is 418 Å². The third kappa shape index (κ3) is 53.6. The number of rotatable bonds is 55. The third-order valence-electron chi connectivity index (χ3n) is 14.3. The topological polar surface area (TPSA) is 78.9 Å². The minimum Gasteiger partial charge on any atom is -0.462 e. The Balaban J connectivity index is 4.17. The molecule has 0 aliphatic carbocycles. The molecule has 0 aromatic carbocycles. The van der Waals surface area contributed by atoms with Crippen LogP contribution in [0.1, 0.15) is 343 Å². The van der Waals surface area contributed by atoms with Gasteiger partial charge in [0.2, 0.25) is 0 Å². The van der Waals surface area contributed by atoms with Crippen molar-refractivity contribution in [2.45, 2.75) is 349 Å². The van der Waals surface area contributed by atoms with Crippen molar-refractivity contribution in [3.05, 3.63) is 0 Å². The summed E-state index contributed by atoms with van der Waals surface area (Å²) in [5.74, 6) is 0.917. The molecule has 0 bridgehead atoms. The summed E-state index contributed by atoms with van der Waals surface area (Å²) >= 11 is 0. The van der Waals surface area contributed by atoms with Crippen LogP contribution in [0.2, 0.25) is 0 Å². The number of esters is 3. The molecular formula is C61H118O6. The van der Waals surface area contributed by atoms with Crippen LogP contribution in [0, 0.1) is 11.8 Å². The van der Waals surface area contributed by atoms with Gasteiger partial charge in [0, 0.05) is 19.3 Å². The van der Waals surface area contributed by atoms with Gasteiger partial charge >= 0.3 is 17.9 Å². The molecule has 0 spiro atoms. The van der Waals surface area contributed by atoms with Crippen molar-refractivity contribution < 1.29 is 28.6 Å². The fourth-order valence-corrected chi connectivity index (χ4v) is 9.37. The Bertz CT molecular complexity index is 1030. The number of unbranched alkanes of at least 4 members (excludes halogenated alkanes) is 39. The molecule has 6 nitrogen and oxygen atoms in total. The van der Waals surface area contributed by atoms with Gasteiger partial charge in [-0.05, 0) is 31.1 Å². The molecule has 0 N–H and O–H groups in total. The van der Waals surface area contributed by atoms with Gasteiger partial charge in [0.1, 0.15) is 13.2 Å². The molecule has 0 saturated carbocycles. The summed E-state index contributed by atoms with van der Waals surface area (Å²) in [4.78, 5) is 38.1. The zero-order valence-electron chi connectivity index (χ0n) is 46.0. The maximum Gasteiger partial charge on any atom is 0.306 e. The summed E-state index contributed by atoms with van der Waals surface area (Å²) in [6.07, 6.45) is 58.1. The number of carbonyl (C=O) groups is 3. The van der Waals surface area contributed by atoms with Crippen LogP contribution in [0.25, 0.3) is 0 Å². The Morgan fingerprint density at radius 1 is 0.313 bits per heavy atom. The predicted octanol–water partition coefficient (Wildman–Crippen LogP) is 20.0. The minimum atomic E-state index is -0.762. The number of hydrogen-bond donors (Lipinski definition) is 0. The first-order chi connectivity index (χ1) is 32.8. The molecule has 0 rings (SSSR count). The van der Waals surface area contributed by atoms with Gasteiger partial charge in [-0.3, -0.25) is 14.4 Å². The molecule has 0 saturated heterocycles.